The number of carbonyl (C=O) groups is 1. The van der Waals surface area contributed by atoms with E-state index in [2.05, 4.69) is 9.80 Å². The van der Waals surface area contributed by atoms with E-state index in [1.54, 1.807) is 12.1 Å². The van der Waals surface area contributed by atoms with E-state index in [9.17, 15) is 15.0 Å². The van der Waals surface area contributed by atoms with Crippen molar-refractivity contribution >= 4 is 11.7 Å². The number of benzene rings is 2. The summed E-state index contributed by atoms with van der Waals surface area (Å²) in [6.45, 7) is 4.71. The molecular weight excluding hydrogens is 367 g/mol. The van der Waals surface area contributed by atoms with Crippen LogP contribution in [0, 0.1) is 0 Å². The molecule has 2 aromatic carbocycles. The van der Waals surface area contributed by atoms with Crippen LogP contribution < -0.4 is 44.3 Å². The minimum atomic E-state index is -1.15. The summed E-state index contributed by atoms with van der Waals surface area (Å²) in [5, 5.41) is 21.0. The number of carbonyl (C=O) groups excluding carboxylic acids is 1. The molecule has 1 fully saturated rings. The first-order valence-electron chi connectivity index (χ1n) is 9.26. The Hall–Kier alpha value is -1.57. The van der Waals surface area contributed by atoms with Crippen molar-refractivity contribution in [1.29, 1.82) is 0 Å². The van der Waals surface area contributed by atoms with Crippen LogP contribution in [0.1, 0.15) is 16.8 Å². The van der Waals surface area contributed by atoms with E-state index in [0.717, 1.165) is 44.2 Å². The number of ether oxygens (including phenoxy) is 1. The largest absolute Gasteiger partial charge is 1.00 e. The monoisotopic (exact) mass is 392 g/mol. The van der Waals surface area contributed by atoms with Crippen molar-refractivity contribution in [2.75, 3.05) is 44.2 Å². The Kier molecular flexibility index (Phi) is 9.28. The average molecular weight is 392 g/mol. The molecule has 1 aliphatic rings. The molecule has 0 bridgehead atoms. The van der Waals surface area contributed by atoms with Gasteiger partial charge in [0, 0.05) is 38.4 Å². The van der Waals surface area contributed by atoms with Crippen molar-refractivity contribution in [3.63, 3.8) is 0 Å². The molecule has 144 valence electrons. The molecule has 7 heteroatoms. The fourth-order valence-corrected chi connectivity index (χ4v) is 3.16. The van der Waals surface area contributed by atoms with Crippen LogP contribution in [0.2, 0.25) is 0 Å². The second-order valence-electron chi connectivity index (χ2n) is 6.73. The van der Waals surface area contributed by atoms with Gasteiger partial charge < -0.3 is 24.6 Å². The van der Waals surface area contributed by atoms with Gasteiger partial charge in [0.2, 0.25) is 0 Å². The molecule has 1 aliphatic heterocycles. The zero-order chi connectivity index (χ0) is 19.1. The van der Waals surface area contributed by atoms with E-state index in [1.165, 1.54) is 0 Å². The SMILES string of the molecule is O=C([O-])c1ccc(N2CCN(CCC(O)COc3ccccc3)CC2)cc1.[Na+]. The maximum Gasteiger partial charge on any atom is 1.00 e. The molecule has 1 unspecified atom stereocenters. The predicted molar refractivity (Wildman–Crippen MR) is 102 cm³/mol. The van der Waals surface area contributed by atoms with Gasteiger partial charge in [-0.05, 0) is 36.2 Å². The fraction of sp³-hybridized carbons (Fsp3) is 0.381. The number of carboxylic acids is 1. The summed E-state index contributed by atoms with van der Waals surface area (Å²) in [7, 11) is 0. The van der Waals surface area contributed by atoms with Gasteiger partial charge in [-0.25, -0.2) is 0 Å². The number of hydrogen-bond donors (Lipinski definition) is 1. The molecule has 0 amide bonds. The van der Waals surface area contributed by atoms with Gasteiger partial charge in [0.25, 0.3) is 0 Å². The topological polar surface area (TPSA) is 76.1 Å². The Balaban J connectivity index is 0.00000280. The normalized spacial score (nSPS) is 15.5. The molecule has 3 rings (SSSR count). The van der Waals surface area contributed by atoms with Crippen LogP contribution in [0.15, 0.2) is 54.6 Å². The number of carboxylic acid groups (broad SMARTS) is 1. The number of aliphatic hydroxyl groups is 1. The van der Waals surface area contributed by atoms with Crippen molar-refractivity contribution in [3.8, 4) is 5.75 Å². The van der Waals surface area contributed by atoms with E-state index in [4.69, 9.17) is 4.74 Å². The zero-order valence-electron chi connectivity index (χ0n) is 16.3. The summed E-state index contributed by atoms with van der Waals surface area (Å²) in [5.74, 6) is -0.379. The van der Waals surface area contributed by atoms with Gasteiger partial charge >= 0.3 is 29.6 Å². The summed E-state index contributed by atoms with van der Waals surface area (Å²) < 4.78 is 5.59. The number of para-hydroxylation sites is 1. The van der Waals surface area contributed by atoms with E-state index in [-0.39, 0.29) is 35.1 Å². The first-order valence-corrected chi connectivity index (χ1v) is 9.26. The van der Waals surface area contributed by atoms with Gasteiger partial charge in [0.15, 0.2) is 0 Å². The van der Waals surface area contributed by atoms with Crippen molar-refractivity contribution in [2.24, 2.45) is 0 Å². The molecule has 0 radical (unpaired) electrons. The summed E-state index contributed by atoms with van der Waals surface area (Å²) in [5.41, 5.74) is 1.22. The Morgan fingerprint density at radius 3 is 2.29 bits per heavy atom. The summed E-state index contributed by atoms with van der Waals surface area (Å²) in [4.78, 5) is 15.4. The molecule has 28 heavy (non-hydrogen) atoms. The van der Waals surface area contributed by atoms with Crippen molar-refractivity contribution in [2.45, 2.75) is 12.5 Å². The predicted octanol–water partition coefficient (Wildman–Crippen LogP) is -1.99. The number of rotatable bonds is 8. The molecule has 0 aliphatic carbocycles. The van der Waals surface area contributed by atoms with Gasteiger partial charge in [0.05, 0.1) is 12.1 Å². The fourth-order valence-electron chi connectivity index (χ4n) is 3.16. The van der Waals surface area contributed by atoms with E-state index < -0.39 is 12.1 Å². The molecule has 1 atom stereocenters. The smallest absolute Gasteiger partial charge is 0.545 e. The number of anilines is 1. The van der Waals surface area contributed by atoms with Crippen LogP contribution in [0.3, 0.4) is 0 Å². The van der Waals surface area contributed by atoms with Gasteiger partial charge in [-0.2, -0.15) is 0 Å². The second kappa shape index (κ2) is 11.4. The number of aliphatic hydroxyl groups excluding tert-OH is 1. The molecule has 2 aromatic rings. The van der Waals surface area contributed by atoms with Crippen LogP contribution in [-0.4, -0.2) is 61.4 Å². The molecule has 1 saturated heterocycles. The molecule has 6 nitrogen and oxygen atoms in total. The molecular formula is C21H25N2NaO4. The molecule has 0 aromatic heterocycles. The standard InChI is InChI=1S/C21H26N2O4.Na/c24-19(16-27-20-4-2-1-3-5-20)10-11-22-12-14-23(15-13-22)18-8-6-17(7-9-18)21(25)26;/h1-9,19,24H,10-16H2,(H,25,26);/q;+1/p-1. The third kappa shape index (κ3) is 6.79. The molecule has 1 heterocycles. The average Bonchev–Trinajstić information content (AvgIpc) is 2.72. The Morgan fingerprint density at radius 1 is 1.04 bits per heavy atom. The van der Waals surface area contributed by atoms with Crippen LogP contribution in [0.25, 0.3) is 0 Å². The Morgan fingerprint density at radius 2 is 1.68 bits per heavy atom. The molecule has 0 spiro atoms. The number of nitrogens with zero attached hydrogens (tertiary/aromatic N) is 2. The molecule has 1 N–H and O–H groups in total. The summed E-state index contributed by atoms with van der Waals surface area (Å²) in [6, 6.07) is 16.3. The van der Waals surface area contributed by atoms with Crippen LogP contribution in [-0.2, 0) is 0 Å². The first kappa shape index (κ1) is 22.7. The van der Waals surface area contributed by atoms with Gasteiger partial charge in [-0.3, -0.25) is 4.90 Å². The second-order valence-corrected chi connectivity index (χ2v) is 6.73. The van der Waals surface area contributed by atoms with Gasteiger partial charge in [-0.1, -0.05) is 30.3 Å². The van der Waals surface area contributed by atoms with E-state index in [1.807, 2.05) is 42.5 Å². The van der Waals surface area contributed by atoms with Crippen LogP contribution in [0.4, 0.5) is 5.69 Å². The van der Waals surface area contributed by atoms with Crippen molar-refractivity contribution in [3.05, 3.63) is 60.2 Å². The summed E-state index contributed by atoms with van der Waals surface area (Å²) >= 11 is 0. The van der Waals surface area contributed by atoms with Crippen LogP contribution in [0.5, 0.6) is 5.75 Å². The number of hydrogen-bond acceptors (Lipinski definition) is 6. The van der Waals surface area contributed by atoms with E-state index >= 15 is 0 Å². The zero-order valence-corrected chi connectivity index (χ0v) is 18.3. The van der Waals surface area contributed by atoms with Gasteiger partial charge in [0.1, 0.15) is 12.4 Å². The van der Waals surface area contributed by atoms with Gasteiger partial charge in [-0.15, -0.1) is 0 Å². The van der Waals surface area contributed by atoms with Crippen molar-refractivity contribution in [1.82, 2.24) is 4.90 Å². The Labute approximate surface area is 188 Å². The Bertz CT molecular complexity index is 719. The third-order valence-corrected chi connectivity index (χ3v) is 4.80. The van der Waals surface area contributed by atoms with Crippen molar-refractivity contribution < 1.29 is 49.3 Å². The minimum Gasteiger partial charge on any atom is -0.545 e. The quantitative estimate of drug-likeness (QED) is 0.524. The molecule has 0 saturated carbocycles. The first-order chi connectivity index (χ1) is 13.1. The minimum absolute atomic E-state index is 0. The third-order valence-electron chi connectivity index (χ3n) is 4.80. The summed E-state index contributed by atoms with van der Waals surface area (Å²) in [6.07, 6.45) is 0.188. The number of piperazine rings is 1. The number of aromatic carboxylic acids is 1. The van der Waals surface area contributed by atoms with E-state index in [0.29, 0.717) is 13.0 Å². The van der Waals surface area contributed by atoms with Crippen LogP contribution >= 0.6 is 0 Å². The maximum atomic E-state index is 10.8. The maximum absolute atomic E-state index is 10.8.